The first-order chi connectivity index (χ1) is 31.9. The Hall–Kier alpha value is -2.84. The summed E-state index contributed by atoms with van der Waals surface area (Å²) in [5.41, 5.74) is 4.28. The van der Waals surface area contributed by atoms with Crippen molar-refractivity contribution in [2.45, 2.75) is 155 Å². The first kappa shape index (κ1) is 67.2. The monoisotopic (exact) mass is 959 g/mol. The van der Waals surface area contributed by atoms with Crippen LogP contribution in [0.3, 0.4) is 0 Å². The molecule has 4 aromatic rings. The molecular weight excluding hydrogens is 869 g/mol. The molecule has 68 heavy (non-hydrogen) atoms. The van der Waals surface area contributed by atoms with Crippen molar-refractivity contribution in [1.82, 2.24) is 0 Å². The molecule has 4 radical (unpaired) electrons. The van der Waals surface area contributed by atoms with Gasteiger partial charge in [-0.3, -0.25) is 9.59 Å². The van der Waals surface area contributed by atoms with E-state index in [1.54, 1.807) is 0 Å². The molecule has 0 aliphatic heterocycles. The summed E-state index contributed by atoms with van der Waals surface area (Å²) < 4.78 is 12.5. The summed E-state index contributed by atoms with van der Waals surface area (Å²) in [6.45, 7) is 9.13. The van der Waals surface area contributed by atoms with Gasteiger partial charge < -0.3 is 30.8 Å². The summed E-state index contributed by atoms with van der Waals surface area (Å²) in [6.07, 6.45) is 24.0. The molecule has 0 N–H and O–H groups in total. The minimum atomic E-state index is -0.0346. The fourth-order valence-electron chi connectivity index (χ4n) is 7.34. The Morgan fingerprint density at radius 3 is 0.912 bits per heavy atom. The van der Waals surface area contributed by atoms with Gasteiger partial charge in [0.2, 0.25) is 0 Å². The molecule has 4 aromatic carbocycles. The standard InChI is InChI=1S/2C23H40NO2.2C6H5B.ClH.Na/c2*1-4-5-6-7-8-9-10-11-15-18-23(25)26-20-19-24(2,3)21-22-16-13-12-14-17-22;2*7-6-4-2-1-3-5-6;;/h2*12-14,16-17H,4-11,15,18-21H2,1-3H3;2*1-5H;1H;/q2*+1;;;;+1/p-1. The van der Waals surface area contributed by atoms with E-state index in [0.29, 0.717) is 26.1 Å². The SMILES string of the molecule is CCCCCCCCCCCC(=O)OCC[N+](C)(C)Cc1ccccc1.CCCCCCCCCCCC(=O)OCC[N+](C)(C)Cc1ccccc1.[B]c1ccccc1.[B]c1ccccc1.[Cl-].[Na+]. The second-order valence-electron chi connectivity index (χ2n) is 19.0. The molecule has 0 aliphatic rings. The molecule has 0 atom stereocenters. The van der Waals surface area contributed by atoms with E-state index in [4.69, 9.17) is 25.2 Å². The Bertz CT molecular complexity index is 1580. The van der Waals surface area contributed by atoms with E-state index in [9.17, 15) is 9.59 Å². The van der Waals surface area contributed by atoms with Gasteiger partial charge in [-0.25, -0.2) is 0 Å². The second kappa shape index (κ2) is 45.3. The molecule has 10 heteroatoms. The number of esters is 2. The fourth-order valence-corrected chi connectivity index (χ4v) is 7.34. The molecule has 0 saturated carbocycles. The normalized spacial score (nSPS) is 10.6. The summed E-state index contributed by atoms with van der Waals surface area (Å²) in [5.74, 6) is -0.0692. The van der Waals surface area contributed by atoms with Crippen molar-refractivity contribution in [3.63, 3.8) is 0 Å². The van der Waals surface area contributed by atoms with Crippen LogP contribution < -0.4 is 52.9 Å². The van der Waals surface area contributed by atoms with Crippen molar-refractivity contribution in [3.05, 3.63) is 132 Å². The van der Waals surface area contributed by atoms with Gasteiger partial charge in [0.25, 0.3) is 0 Å². The van der Waals surface area contributed by atoms with E-state index in [1.165, 1.54) is 101 Å². The minimum Gasteiger partial charge on any atom is -1.00 e. The largest absolute Gasteiger partial charge is 1.00 e. The molecule has 6 nitrogen and oxygen atoms in total. The molecule has 0 spiro atoms. The molecule has 0 fully saturated rings. The maximum absolute atomic E-state index is 11.9. The maximum Gasteiger partial charge on any atom is 1.00 e. The number of nitrogens with zero attached hydrogens (tertiary/aromatic N) is 2. The Labute approximate surface area is 447 Å². The number of ether oxygens (including phenoxy) is 2. The van der Waals surface area contributed by atoms with E-state index < -0.39 is 0 Å². The first-order valence-electron chi connectivity index (χ1n) is 25.5. The van der Waals surface area contributed by atoms with Gasteiger partial charge in [-0.1, -0.05) is 249 Å². The number of hydrogen-bond donors (Lipinski definition) is 0. The fraction of sp³-hybridized carbons (Fsp3) is 0.552. The van der Waals surface area contributed by atoms with E-state index in [2.05, 4.69) is 90.6 Å². The van der Waals surface area contributed by atoms with E-state index in [0.717, 1.165) is 71.8 Å². The molecular formula is C58H90B2ClN2NaO4+2. The van der Waals surface area contributed by atoms with E-state index >= 15 is 0 Å². The van der Waals surface area contributed by atoms with Gasteiger partial charge in [-0.15, -0.1) is 0 Å². The van der Waals surface area contributed by atoms with Crippen LogP contribution in [0.1, 0.15) is 153 Å². The van der Waals surface area contributed by atoms with Crippen LogP contribution in [0.5, 0.6) is 0 Å². The molecule has 0 unspecified atom stereocenters. The average Bonchev–Trinajstić information content (AvgIpc) is 3.29. The quantitative estimate of drug-likeness (QED) is 0.0262. The average molecular weight is 959 g/mol. The number of likely N-dealkylation sites (N-methyl/N-ethyl adjacent to an activating group) is 2. The van der Waals surface area contributed by atoms with E-state index in [1.807, 2.05) is 72.8 Å². The third kappa shape index (κ3) is 43.2. The molecule has 0 heterocycles. The van der Waals surface area contributed by atoms with Gasteiger partial charge in [0.15, 0.2) is 0 Å². The summed E-state index contributed by atoms with van der Waals surface area (Å²) in [5, 5.41) is 0. The number of rotatable bonds is 30. The minimum absolute atomic E-state index is 0. The van der Waals surface area contributed by atoms with E-state index in [-0.39, 0.29) is 53.9 Å². The number of hydrogen-bond acceptors (Lipinski definition) is 4. The van der Waals surface area contributed by atoms with Crippen LogP contribution in [0.15, 0.2) is 121 Å². The molecule has 0 aromatic heterocycles. The summed E-state index contributed by atoms with van der Waals surface area (Å²) in [7, 11) is 19.4. The third-order valence-electron chi connectivity index (χ3n) is 11.4. The Balaban J connectivity index is 0. The summed E-state index contributed by atoms with van der Waals surface area (Å²) in [6, 6.07) is 39.9. The van der Waals surface area contributed by atoms with Crippen LogP contribution in [-0.2, 0) is 32.2 Å². The molecule has 0 saturated heterocycles. The number of unbranched alkanes of at least 4 members (excludes halogenated alkanes) is 16. The van der Waals surface area contributed by atoms with Crippen LogP contribution in [0.4, 0.5) is 0 Å². The predicted octanol–water partition coefficient (Wildman–Crippen LogP) is 6.42. The number of benzene rings is 4. The van der Waals surface area contributed by atoms with Crippen LogP contribution in [-0.4, -0.2) is 91.1 Å². The van der Waals surface area contributed by atoms with Gasteiger partial charge in [0.1, 0.15) is 55.1 Å². The van der Waals surface area contributed by atoms with Gasteiger partial charge in [-0.05, 0) is 12.8 Å². The Morgan fingerprint density at radius 2 is 0.662 bits per heavy atom. The number of carbonyl (C=O) groups excluding carboxylic acids is 2. The van der Waals surface area contributed by atoms with Crippen molar-refractivity contribution in [1.29, 1.82) is 0 Å². The first-order valence-corrected chi connectivity index (χ1v) is 25.5. The maximum atomic E-state index is 11.9. The molecule has 0 aliphatic carbocycles. The van der Waals surface area contributed by atoms with Gasteiger partial charge in [-0.2, -0.15) is 0 Å². The number of halogens is 1. The van der Waals surface area contributed by atoms with Gasteiger partial charge in [0, 0.05) is 24.0 Å². The van der Waals surface area contributed by atoms with Crippen LogP contribution in [0, 0.1) is 0 Å². The molecule has 0 bridgehead atoms. The summed E-state index contributed by atoms with van der Waals surface area (Å²) in [4.78, 5) is 23.7. The summed E-state index contributed by atoms with van der Waals surface area (Å²) >= 11 is 0. The zero-order chi connectivity index (χ0) is 48.4. The third-order valence-corrected chi connectivity index (χ3v) is 11.4. The van der Waals surface area contributed by atoms with Crippen molar-refractivity contribution < 1.29 is 70.0 Å². The van der Waals surface area contributed by atoms with Gasteiger partial charge in [0.05, 0.1) is 28.2 Å². The van der Waals surface area contributed by atoms with Crippen LogP contribution in [0.25, 0.3) is 0 Å². The molecule has 4 rings (SSSR count). The van der Waals surface area contributed by atoms with Gasteiger partial charge >= 0.3 is 41.5 Å². The Kier molecular flexibility index (Phi) is 44.8. The second-order valence-corrected chi connectivity index (χ2v) is 19.0. The predicted molar refractivity (Wildman–Crippen MR) is 284 cm³/mol. The van der Waals surface area contributed by atoms with Crippen molar-refractivity contribution in [3.8, 4) is 0 Å². The van der Waals surface area contributed by atoms with Crippen molar-refractivity contribution >= 4 is 38.6 Å². The van der Waals surface area contributed by atoms with Crippen LogP contribution in [0.2, 0.25) is 0 Å². The molecule has 368 valence electrons. The zero-order valence-electron chi connectivity index (χ0n) is 44.0. The zero-order valence-corrected chi connectivity index (χ0v) is 46.7. The number of quaternary nitrogens is 2. The Morgan fingerprint density at radius 1 is 0.412 bits per heavy atom. The smallest absolute Gasteiger partial charge is 1.00 e. The number of carbonyl (C=O) groups is 2. The van der Waals surface area contributed by atoms with Crippen LogP contribution >= 0.6 is 0 Å². The van der Waals surface area contributed by atoms with Crippen molar-refractivity contribution in [2.75, 3.05) is 54.5 Å². The topological polar surface area (TPSA) is 52.6 Å². The van der Waals surface area contributed by atoms with Crippen molar-refractivity contribution in [2.24, 2.45) is 0 Å². The molecule has 0 amide bonds.